The second-order valence-electron chi connectivity index (χ2n) is 18.9. The molecule has 0 amide bonds. The highest BCUT2D eigenvalue weighted by molar-refractivity contribution is 5.89. The third-order valence-electron chi connectivity index (χ3n) is 14.9. The Morgan fingerprint density at radius 1 is 0.431 bits per heavy atom. The Morgan fingerprint density at radius 3 is 1.55 bits per heavy atom. The summed E-state index contributed by atoms with van der Waals surface area (Å²) in [5, 5.41) is 0. The monoisotopic (exact) mass is 751 g/mol. The average molecular weight is 752 g/mol. The number of fused-ring (bicyclic) bond motifs is 3. The zero-order valence-electron chi connectivity index (χ0n) is 34.4. The van der Waals surface area contributed by atoms with E-state index in [1.54, 1.807) is 5.56 Å². The third kappa shape index (κ3) is 5.72. The molecule has 0 aromatic heterocycles. The van der Waals surface area contributed by atoms with Gasteiger partial charge in [-0.15, -0.1) is 0 Å². The molecule has 1 heteroatoms. The van der Waals surface area contributed by atoms with Gasteiger partial charge < -0.3 is 4.90 Å². The molecule has 0 heterocycles. The minimum atomic E-state index is -0.0884. The van der Waals surface area contributed by atoms with Crippen LogP contribution in [-0.4, -0.2) is 0 Å². The topological polar surface area (TPSA) is 3.24 Å². The van der Waals surface area contributed by atoms with E-state index in [4.69, 9.17) is 0 Å². The maximum absolute atomic E-state index is 2.51. The lowest BCUT2D eigenvalue weighted by molar-refractivity contribution is -0.00518. The van der Waals surface area contributed by atoms with Crippen LogP contribution in [0, 0.1) is 31.6 Å². The smallest absolute Gasteiger partial charge is 0.0520 e. The molecule has 1 nitrogen and oxygen atoms in total. The first-order valence-corrected chi connectivity index (χ1v) is 21.8. The third-order valence-corrected chi connectivity index (χ3v) is 14.9. The first kappa shape index (κ1) is 35.5. The maximum atomic E-state index is 2.51. The minimum absolute atomic E-state index is 0.0884. The summed E-state index contributed by atoms with van der Waals surface area (Å²) in [6, 6.07) is 59.6. The van der Waals surface area contributed by atoms with Gasteiger partial charge in [0.25, 0.3) is 0 Å². The predicted octanol–water partition coefficient (Wildman–Crippen LogP) is 15.5. The zero-order valence-corrected chi connectivity index (χ0v) is 34.4. The van der Waals surface area contributed by atoms with Crippen LogP contribution in [0.1, 0.15) is 80.2 Å². The van der Waals surface area contributed by atoms with Crippen molar-refractivity contribution in [2.24, 2.45) is 17.8 Å². The van der Waals surface area contributed by atoms with Crippen LogP contribution in [0.15, 0.2) is 158 Å². The largest absolute Gasteiger partial charge is 0.310 e. The molecule has 0 spiro atoms. The van der Waals surface area contributed by atoms with Crippen LogP contribution in [0.3, 0.4) is 0 Å². The normalized spacial score (nSPS) is 22.1. The van der Waals surface area contributed by atoms with E-state index in [9.17, 15) is 0 Å². The van der Waals surface area contributed by atoms with Crippen molar-refractivity contribution < 1.29 is 0 Å². The van der Waals surface area contributed by atoms with Crippen molar-refractivity contribution >= 4 is 17.1 Å². The number of hydrogen-bond donors (Lipinski definition) is 0. The van der Waals surface area contributed by atoms with Crippen LogP contribution in [0.25, 0.3) is 44.5 Å². The van der Waals surface area contributed by atoms with Gasteiger partial charge in [-0.3, -0.25) is 0 Å². The van der Waals surface area contributed by atoms with Gasteiger partial charge in [0.05, 0.1) is 5.69 Å². The SMILES string of the molecule is Cc1cc(-c2ccc(C34CC5CC(CC(C5)C3)C4)cc2)cc(C)c1N(c1ccc(-c2ccccc2-c2ccccc2)cc1)c1ccc2c(c1)C(C)(C)c1ccccc1-2. The number of hydrogen-bond acceptors (Lipinski definition) is 1. The Morgan fingerprint density at radius 2 is 0.931 bits per heavy atom. The fourth-order valence-corrected chi connectivity index (χ4v) is 12.6. The number of anilines is 3. The second kappa shape index (κ2) is 13.5. The Bertz CT molecular complexity index is 2620. The Labute approximate surface area is 345 Å². The lowest BCUT2D eigenvalue weighted by atomic mass is 9.48. The second-order valence-corrected chi connectivity index (χ2v) is 18.9. The highest BCUT2D eigenvalue weighted by Crippen LogP contribution is 2.61. The van der Waals surface area contributed by atoms with Gasteiger partial charge in [-0.25, -0.2) is 0 Å². The highest BCUT2D eigenvalue weighted by Gasteiger charge is 2.51. The van der Waals surface area contributed by atoms with Crippen LogP contribution in [-0.2, 0) is 10.8 Å². The summed E-state index contributed by atoms with van der Waals surface area (Å²) in [7, 11) is 0. The van der Waals surface area contributed by atoms with Gasteiger partial charge in [0, 0.05) is 16.8 Å². The average Bonchev–Trinajstić information content (AvgIpc) is 3.47. The molecule has 0 N–H and O–H groups in total. The summed E-state index contributed by atoms with van der Waals surface area (Å²) in [4.78, 5) is 2.51. The molecule has 0 saturated heterocycles. The van der Waals surface area contributed by atoms with Gasteiger partial charge in [0.15, 0.2) is 0 Å². The van der Waals surface area contributed by atoms with E-state index >= 15 is 0 Å². The van der Waals surface area contributed by atoms with Crippen LogP contribution in [0.4, 0.5) is 17.1 Å². The summed E-state index contributed by atoms with van der Waals surface area (Å²) >= 11 is 0. The molecule has 286 valence electrons. The van der Waals surface area contributed by atoms with E-state index in [0.29, 0.717) is 5.41 Å². The molecule has 4 saturated carbocycles. The summed E-state index contributed by atoms with van der Waals surface area (Å²) in [6.07, 6.45) is 8.70. The standard InChI is InChI=1S/C57H53N/c1-37-28-45(42-18-22-46(23-19-42)57-34-39-30-40(35-57)32-41(31-39)36-57)29-38(2)55(37)58(48-26-27-52-51-16-10-11-17-53(51)56(3,4)54(52)33-48)47-24-20-44(21-25-47)50-15-9-8-14-49(50)43-12-6-5-7-13-43/h5-29,33,39-41H,30-32,34-36H2,1-4H3. The molecule has 7 aromatic carbocycles. The maximum Gasteiger partial charge on any atom is 0.0520 e. The van der Waals surface area contributed by atoms with Crippen molar-refractivity contribution in [2.45, 2.75) is 77.0 Å². The van der Waals surface area contributed by atoms with E-state index in [1.165, 1.54) is 117 Å². The molecule has 12 rings (SSSR count). The molecular formula is C57H53N. The quantitative estimate of drug-likeness (QED) is 0.157. The molecule has 4 fully saturated rings. The van der Waals surface area contributed by atoms with Crippen molar-refractivity contribution in [3.05, 3.63) is 186 Å². The lowest BCUT2D eigenvalue weighted by Gasteiger charge is -2.57. The zero-order chi connectivity index (χ0) is 39.2. The van der Waals surface area contributed by atoms with E-state index in [0.717, 1.165) is 23.4 Å². The van der Waals surface area contributed by atoms with Crippen molar-refractivity contribution in [1.82, 2.24) is 0 Å². The van der Waals surface area contributed by atoms with Gasteiger partial charge in [0.2, 0.25) is 0 Å². The minimum Gasteiger partial charge on any atom is -0.310 e. The van der Waals surface area contributed by atoms with E-state index in [1.807, 2.05) is 0 Å². The number of aryl methyl sites for hydroxylation is 2. The van der Waals surface area contributed by atoms with E-state index in [-0.39, 0.29) is 5.41 Å². The van der Waals surface area contributed by atoms with Gasteiger partial charge >= 0.3 is 0 Å². The van der Waals surface area contributed by atoms with E-state index in [2.05, 4.69) is 190 Å². The van der Waals surface area contributed by atoms with E-state index < -0.39 is 0 Å². The Kier molecular flexibility index (Phi) is 8.23. The van der Waals surface area contributed by atoms with Crippen LogP contribution in [0.5, 0.6) is 0 Å². The molecule has 5 aliphatic carbocycles. The lowest BCUT2D eigenvalue weighted by Crippen LogP contribution is -2.48. The van der Waals surface area contributed by atoms with Gasteiger partial charge in [-0.05, 0) is 184 Å². The molecular weight excluding hydrogens is 699 g/mol. The highest BCUT2D eigenvalue weighted by atomic mass is 15.1. The summed E-state index contributed by atoms with van der Waals surface area (Å²) in [5.41, 5.74) is 21.1. The number of benzene rings is 7. The van der Waals surface area contributed by atoms with Crippen molar-refractivity contribution in [2.75, 3.05) is 4.90 Å². The fourth-order valence-electron chi connectivity index (χ4n) is 12.6. The van der Waals surface area contributed by atoms with Crippen LogP contribution >= 0.6 is 0 Å². The molecule has 0 atom stereocenters. The first-order valence-electron chi connectivity index (χ1n) is 21.8. The summed E-state index contributed by atoms with van der Waals surface area (Å²) in [5.74, 6) is 2.88. The van der Waals surface area contributed by atoms with Crippen LogP contribution in [0.2, 0.25) is 0 Å². The number of nitrogens with zero attached hydrogens (tertiary/aromatic N) is 1. The van der Waals surface area contributed by atoms with Gasteiger partial charge in [-0.2, -0.15) is 0 Å². The summed E-state index contributed by atoms with van der Waals surface area (Å²) < 4.78 is 0. The van der Waals surface area contributed by atoms with Gasteiger partial charge in [0.1, 0.15) is 0 Å². The van der Waals surface area contributed by atoms with Crippen molar-refractivity contribution in [3.8, 4) is 44.5 Å². The predicted molar refractivity (Wildman–Crippen MR) is 244 cm³/mol. The van der Waals surface area contributed by atoms with Crippen LogP contribution < -0.4 is 4.90 Å². The number of rotatable bonds is 7. The molecule has 58 heavy (non-hydrogen) atoms. The first-order chi connectivity index (χ1) is 28.2. The van der Waals surface area contributed by atoms with Crippen molar-refractivity contribution in [1.29, 1.82) is 0 Å². The molecule has 0 unspecified atom stereocenters. The van der Waals surface area contributed by atoms with Crippen molar-refractivity contribution in [3.63, 3.8) is 0 Å². The molecule has 0 aliphatic heterocycles. The summed E-state index contributed by atoms with van der Waals surface area (Å²) in [6.45, 7) is 9.37. The fraction of sp³-hybridized carbons (Fsp3) is 0.263. The molecule has 7 aromatic rings. The molecule has 5 aliphatic rings. The Hall–Kier alpha value is -5.66. The molecule has 4 bridgehead atoms. The van der Waals surface area contributed by atoms with Gasteiger partial charge in [-0.1, -0.05) is 135 Å². The Balaban J connectivity index is 0.990. The molecule has 0 radical (unpaired) electrons.